The summed E-state index contributed by atoms with van der Waals surface area (Å²) in [6.45, 7) is 10.7. The molecule has 1 aromatic heterocycles. The van der Waals surface area contributed by atoms with Gasteiger partial charge in [0.05, 0.1) is 6.61 Å². The molecule has 1 aromatic carbocycles. The van der Waals surface area contributed by atoms with Crippen LogP contribution < -0.4 is 0 Å². The van der Waals surface area contributed by atoms with E-state index in [9.17, 15) is 4.79 Å². The second kappa shape index (κ2) is 6.77. The molecule has 0 amide bonds. The van der Waals surface area contributed by atoms with Crippen molar-refractivity contribution in [1.82, 2.24) is 9.55 Å². The SMILES string of the molecule is Cc1cccc(C(C)c2nccn2C(=O)OCC(C)C)c1C. The number of carbonyl (C=O) groups is 1. The van der Waals surface area contributed by atoms with Gasteiger partial charge in [-0.15, -0.1) is 0 Å². The maximum Gasteiger partial charge on any atom is 0.419 e. The first-order chi connectivity index (χ1) is 10.4. The molecule has 0 aliphatic heterocycles. The summed E-state index contributed by atoms with van der Waals surface area (Å²) in [4.78, 5) is 16.6. The number of aryl methyl sites for hydroxylation is 1. The van der Waals surface area contributed by atoms with E-state index in [0.29, 0.717) is 18.3 Å². The van der Waals surface area contributed by atoms with E-state index in [-0.39, 0.29) is 12.0 Å². The minimum atomic E-state index is -0.363. The highest BCUT2D eigenvalue weighted by Crippen LogP contribution is 2.27. The van der Waals surface area contributed by atoms with E-state index in [4.69, 9.17) is 4.74 Å². The van der Waals surface area contributed by atoms with E-state index in [1.54, 1.807) is 12.4 Å². The van der Waals surface area contributed by atoms with Gasteiger partial charge < -0.3 is 4.74 Å². The van der Waals surface area contributed by atoms with Gasteiger partial charge in [-0.3, -0.25) is 0 Å². The fourth-order valence-corrected chi connectivity index (χ4v) is 2.48. The predicted octanol–water partition coefficient (Wildman–Crippen LogP) is 4.29. The van der Waals surface area contributed by atoms with E-state index in [2.05, 4.69) is 37.9 Å². The molecule has 0 fully saturated rings. The summed E-state index contributed by atoms with van der Waals surface area (Å²) in [6, 6.07) is 6.22. The summed E-state index contributed by atoms with van der Waals surface area (Å²) in [6.07, 6.45) is 2.95. The fourth-order valence-electron chi connectivity index (χ4n) is 2.48. The van der Waals surface area contributed by atoms with Gasteiger partial charge in [0.1, 0.15) is 5.82 Å². The lowest BCUT2D eigenvalue weighted by Gasteiger charge is -2.17. The molecule has 4 heteroatoms. The van der Waals surface area contributed by atoms with Crippen LogP contribution in [0, 0.1) is 19.8 Å². The molecular weight excluding hydrogens is 276 g/mol. The van der Waals surface area contributed by atoms with Crippen LogP contribution in [0.1, 0.15) is 49.2 Å². The lowest BCUT2D eigenvalue weighted by atomic mass is 9.93. The Morgan fingerprint density at radius 3 is 2.68 bits per heavy atom. The quantitative estimate of drug-likeness (QED) is 0.846. The molecule has 1 atom stereocenters. The lowest BCUT2D eigenvalue weighted by molar-refractivity contribution is 0.133. The van der Waals surface area contributed by atoms with Crippen molar-refractivity contribution in [3.05, 3.63) is 53.1 Å². The number of rotatable bonds is 4. The third-order valence-corrected chi connectivity index (χ3v) is 3.91. The normalized spacial score (nSPS) is 12.5. The molecule has 0 spiro atoms. The second-order valence-electron chi connectivity index (χ2n) is 6.14. The van der Waals surface area contributed by atoms with Crippen molar-refractivity contribution in [1.29, 1.82) is 0 Å². The van der Waals surface area contributed by atoms with E-state index < -0.39 is 0 Å². The van der Waals surface area contributed by atoms with Crippen molar-refractivity contribution in [2.75, 3.05) is 6.61 Å². The number of nitrogens with zero attached hydrogens (tertiary/aromatic N) is 2. The van der Waals surface area contributed by atoms with Gasteiger partial charge in [-0.2, -0.15) is 0 Å². The monoisotopic (exact) mass is 300 g/mol. The van der Waals surface area contributed by atoms with Gasteiger partial charge in [-0.25, -0.2) is 14.3 Å². The molecule has 0 aliphatic rings. The summed E-state index contributed by atoms with van der Waals surface area (Å²) < 4.78 is 6.82. The summed E-state index contributed by atoms with van der Waals surface area (Å²) in [5.74, 6) is 1.05. The van der Waals surface area contributed by atoms with Crippen LogP contribution in [-0.2, 0) is 4.74 Å². The zero-order chi connectivity index (χ0) is 16.3. The Labute approximate surface area is 132 Å². The summed E-state index contributed by atoms with van der Waals surface area (Å²) in [7, 11) is 0. The van der Waals surface area contributed by atoms with Gasteiger partial charge in [-0.05, 0) is 36.5 Å². The molecule has 4 nitrogen and oxygen atoms in total. The van der Waals surface area contributed by atoms with Crippen molar-refractivity contribution in [2.45, 2.75) is 40.5 Å². The lowest BCUT2D eigenvalue weighted by Crippen LogP contribution is -2.20. The first-order valence-corrected chi connectivity index (χ1v) is 7.68. The number of ether oxygens (including phenoxy) is 1. The Kier molecular flexibility index (Phi) is 5.01. The van der Waals surface area contributed by atoms with E-state index in [1.807, 2.05) is 19.9 Å². The zero-order valence-electron chi connectivity index (χ0n) is 14.0. The van der Waals surface area contributed by atoms with Crippen molar-refractivity contribution >= 4 is 6.09 Å². The summed E-state index contributed by atoms with van der Waals surface area (Å²) in [5, 5.41) is 0. The van der Waals surface area contributed by atoms with Crippen LogP contribution in [-0.4, -0.2) is 22.3 Å². The number of hydrogen-bond acceptors (Lipinski definition) is 3. The minimum Gasteiger partial charge on any atom is -0.449 e. The van der Waals surface area contributed by atoms with Crippen molar-refractivity contribution in [2.24, 2.45) is 5.92 Å². The number of carbonyl (C=O) groups excluding carboxylic acids is 1. The first kappa shape index (κ1) is 16.3. The van der Waals surface area contributed by atoms with Gasteiger partial charge in [0.15, 0.2) is 0 Å². The standard InChI is InChI=1S/C18H24N2O2/c1-12(2)11-22-18(21)20-10-9-19-17(20)15(5)16-8-6-7-13(3)14(16)4/h6-10,12,15H,11H2,1-5H3. The Bertz CT molecular complexity index is 659. The maximum absolute atomic E-state index is 12.2. The smallest absolute Gasteiger partial charge is 0.419 e. The Hall–Kier alpha value is -2.10. The molecule has 0 N–H and O–H groups in total. The van der Waals surface area contributed by atoms with Gasteiger partial charge in [0.2, 0.25) is 0 Å². The van der Waals surface area contributed by atoms with Crippen molar-refractivity contribution in [3.63, 3.8) is 0 Å². The van der Waals surface area contributed by atoms with Crippen LogP contribution in [0.15, 0.2) is 30.6 Å². The molecule has 0 aliphatic carbocycles. The predicted molar refractivity (Wildman–Crippen MR) is 87.2 cm³/mol. The Balaban J connectivity index is 2.28. The molecule has 118 valence electrons. The summed E-state index contributed by atoms with van der Waals surface area (Å²) >= 11 is 0. The topological polar surface area (TPSA) is 44.1 Å². The molecule has 0 saturated carbocycles. The van der Waals surface area contributed by atoms with E-state index in [1.165, 1.54) is 21.3 Å². The third-order valence-electron chi connectivity index (χ3n) is 3.91. The molecule has 1 heterocycles. The average molecular weight is 300 g/mol. The van der Waals surface area contributed by atoms with Crippen LogP contribution in [0.25, 0.3) is 0 Å². The summed E-state index contributed by atoms with van der Waals surface area (Å²) in [5.41, 5.74) is 3.66. The number of aromatic nitrogens is 2. The Morgan fingerprint density at radius 1 is 1.27 bits per heavy atom. The van der Waals surface area contributed by atoms with Gasteiger partial charge in [-0.1, -0.05) is 39.0 Å². The van der Waals surface area contributed by atoms with Crippen molar-refractivity contribution < 1.29 is 9.53 Å². The second-order valence-corrected chi connectivity index (χ2v) is 6.14. The fraction of sp³-hybridized carbons (Fsp3) is 0.444. The van der Waals surface area contributed by atoms with Crippen LogP contribution in [0.4, 0.5) is 4.79 Å². The highest BCUT2D eigenvalue weighted by molar-refractivity contribution is 5.71. The van der Waals surface area contributed by atoms with Crippen LogP contribution in [0.5, 0.6) is 0 Å². The van der Waals surface area contributed by atoms with Crippen LogP contribution >= 0.6 is 0 Å². The van der Waals surface area contributed by atoms with Gasteiger partial charge in [0.25, 0.3) is 0 Å². The minimum absolute atomic E-state index is 0.0292. The highest BCUT2D eigenvalue weighted by Gasteiger charge is 2.20. The van der Waals surface area contributed by atoms with Crippen LogP contribution in [0.3, 0.4) is 0 Å². The maximum atomic E-state index is 12.2. The first-order valence-electron chi connectivity index (χ1n) is 7.68. The number of imidazole rings is 1. The number of hydrogen-bond donors (Lipinski definition) is 0. The molecule has 0 bridgehead atoms. The molecule has 0 saturated heterocycles. The Morgan fingerprint density at radius 2 is 2.00 bits per heavy atom. The molecule has 1 unspecified atom stereocenters. The van der Waals surface area contributed by atoms with Crippen LogP contribution in [0.2, 0.25) is 0 Å². The molecule has 2 aromatic rings. The average Bonchev–Trinajstić information content (AvgIpc) is 2.96. The third kappa shape index (κ3) is 3.38. The molecule has 2 rings (SSSR count). The van der Waals surface area contributed by atoms with Crippen molar-refractivity contribution in [3.8, 4) is 0 Å². The number of benzene rings is 1. The molecule has 22 heavy (non-hydrogen) atoms. The van der Waals surface area contributed by atoms with Gasteiger partial charge >= 0.3 is 6.09 Å². The molecule has 0 radical (unpaired) electrons. The molecular formula is C18H24N2O2. The van der Waals surface area contributed by atoms with Gasteiger partial charge in [0, 0.05) is 18.3 Å². The largest absolute Gasteiger partial charge is 0.449 e. The van der Waals surface area contributed by atoms with E-state index >= 15 is 0 Å². The zero-order valence-corrected chi connectivity index (χ0v) is 14.0. The van der Waals surface area contributed by atoms with E-state index in [0.717, 1.165) is 0 Å². The highest BCUT2D eigenvalue weighted by atomic mass is 16.5.